The van der Waals surface area contributed by atoms with Gasteiger partial charge in [0.05, 0.1) is 6.61 Å². The summed E-state index contributed by atoms with van der Waals surface area (Å²) in [5.41, 5.74) is -2.93. The van der Waals surface area contributed by atoms with Crippen molar-refractivity contribution in [1.29, 1.82) is 0 Å². The van der Waals surface area contributed by atoms with Crippen LogP contribution in [0.15, 0.2) is 36.5 Å². The number of ether oxygens (including phenoxy) is 2. The monoisotopic (exact) mass is 544 g/mol. The quantitative estimate of drug-likeness (QED) is 0.126. The van der Waals surface area contributed by atoms with Crippen LogP contribution in [-0.2, 0) is 33.1 Å². The second-order valence-electron chi connectivity index (χ2n) is 8.50. The zero-order valence-electron chi connectivity index (χ0n) is 20.6. The Morgan fingerprint density at radius 1 is 0.921 bits per heavy atom. The molecule has 0 saturated carbocycles. The first-order valence-corrected chi connectivity index (χ1v) is 11.9. The number of rotatable bonds is 9. The lowest BCUT2D eigenvalue weighted by Crippen LogP contribution is -2.25. The topological polar surface area (TPSA) is 80.4 Å². The van der Waals surface area contributed by atoms with Gasteiger partial charge in [-0.2, -0.15) is 26.3 Å². The summed E-state index contributed by atoms with van der Waals surface area (Å²) in [4.78, 5) is 26.4. The lowest BCUT2D eigenvalue weighted by atomic mass is 10.0. The fraction of sp³-hybridized carbons (Fsp3) is 0.385. The number of hydrogen-bond acceptors (Lipinski definition) is 4. The lowest BCUT2D eigenvalue weighted by molar-refractivity contribution is -0.152. The first kappa shape index (κ1) is 28.9. The molecule has 6 nitrogen and oxygen atoms in total. The van der Waals surface area contributed by atoms with Crippen LogP contribution in [0.1, 0.15) is 56.2 Å². The Morgan fingerprint density at radius 3 is 2.16 bits per heavy atom. The number of fused-ring (bicyclic) bond motifs is 1. The molecular formula is C26H26F6N2O4. The highest BCUT2D eigenvalue weighted by Gasteiger charge is 2.43. The Morgan fingerprint density at radius 2 is 1.58 bits per heavy atom. The predicted molar refractivity (Wildman–Crippen MR) is 128 cm³/mol. The Hall–Kier alpha value is -3.70. The van der Waals surface area contributed by atoms with Crippen LogP contribution in [0.25, 0.3) is 10.9 Å². The Kier molecular flexibility index (Phi) is 8.95. The molecule has 0 saturated heterocycles. The summed E-state index contributed by atoms with van der Waals surface area (Å²) in [6.07, 6.45) is -4.19. The lowest BCUT2D eigenvalue weighted by Gasteiger charge is -2.21. The highest BCUT2D eigenvalue weighted by molar-refractivity contribution is 6.37. The second kappa shape index (κ2) is 11.8. The van der Waals surface area contributed by atoms with Gasteiger partial charge in [0.2, 0.25) is 0 Å². The molecule has 2 aromatic carbocycles. The molecule has 0 radical (unpaired) electrons. The van der Waals surface area contributed by atoms with Crippen molar-refractivity contribution in [2.75, 3.05) is 11.9 Å². The fourth-order valence-corrected chi connectivity index (χ4v) is 3.90. The van der Waals surface area contributed by atoms with Crippen LogP contribution in [0.5, 0.6) is 11.5 Å². The summed E-state index contributed by atoms with van der Waals surface area (Å²) in [7, 11) is 0. The van der Waals surface area contributed by atoms with Crippen molar-refractivity contribution >= 4 is 28.5 Å². The highest BCUT2D eigenvalue weighted by Crippen LogP contribution is 2.47. The van der Waals surface area contributed by atoms with Gasteiger partial charge in [-0.05, 0) is 55.7 Å². The Bertz CT molecular complexity index is 1260. The van der Waals surface area contributed by atoms with Gasteiger partial charge in [0.15, 0.2) is 5.75 Å². The van der Waals surface area contributed by atoms with Gasteiger partial charge >= 0.3 is 24.2 Å². The summed E-state index contributed by atoms with van der Waals surface area (Å²) in [5, 5.41) is 2.35. The van der Waals surface area contributed by atoms with E-state index in [1.54, 1.807) is 11.5 Å². The second-order valence-corrected chi connectivity index (χ2v) is 8.50. The molecule has 0 atom stereocenters. The van der Waals surface area contributed by atoms with E-state index in [2.05, 4.69) is 16.6 Å². The number of esters is 1. The maximum Gasteiger partial charge on any atom is 0.420 e. The molecule has 12 heteroatoms. The Labute approximate surface area is 214 Å². The number of benzene rings is 2. The number of aromatic nitrogens is 1. The van der Waals surface area contributed by atoms with Gasteiger partial charge in [-0.15, -0.1) is 0 Å². The summed E-state index contributed by atoms with van der Waals surface area (Å²) in [5.74, 6) is -4.68. The average molecular weight is 544 g/mol. The van der Waals surface area contributed by atoms with E-state index in [4.69, 9.17) is 4.74 Å². The minimum atomic E-state index is -5.29. The zero-order valence-corrected chi connectivity index (χ0v) is 20.6. The molecule has 0 aliphatic heterocycles. The van der Waals surface area contributed by atoms with E-state index in [1.807, 2.05) is 0 Å². The standard InChI is InChI=1S/C26H26F6N2O4/c1-3-5-6-7-8-15-14-33-21-10-9-17(13-18(15)21)38-22-19(25(27,28)29)11-16(12-20(22)26(30,31)32)34-23(35)24(36)37-4-2/h9-14,33H,3-8H2,1-2H3,(H,34,35). The maximum atomic E-state index is 13.9. The number of aryl methyl sites for hydroxylation is 1. The van der Waals surface area contributed by atoms with E-state index < -0.39 is 46.8 Å². The number of unbranched alkanes of at least 4 members (excludes halogenated alkanes) is 3. The molecule has 0 aliphatic rings. The van der Waals surface area contributed by atoms with Crippen LogP contribution < -0.4 is 10.1 Å². The minimum absolute atomic E-state index is 0.216. The van der Waals surface area contributed by atoms with Gasteiger partial charge in [-0.1, -0.05) is 26.2 Å². The van der Waals surface area contributed by atoms with Crippen molar-refractivity contribution in [3.05, 3.63) is 53.2 Å². The molecule has 0 fully saturated rings. The number of H-pyrrole nitrogens is 1. The molecule has 0 aliphatic carbocycles. The molecule has 3 aromatic rings. The van der Waals surface area contributed by atoms with E-state index in [9.17, 15) is 35.9 Å². The molecule has 0 bridgehead atoms. The number of amides is 1. The number of anilines is 1. The van der Waals surface area contributed by atoms with E-state index in [-0.39, 0.29) is 24.5 Å². The molecule has 206 valence electrons. The van der Waals surface area contributed by atoms with Crippen LogP contribution in [-0.4, -0.2) is 23.5 Å². The molecule has 2 N–H and O–H groups in total. The third kappa shape index (κ3) is 6.99. The number of alkyl halides is 6. The van der Waals surface area contributed by atoms with Crippen molar-refractivity contribution in [3.8, 4) is 11.5 Å². The van der Waals surface area contributed by atoms with Crippen molar-refractivity contribution in [1.82, 2.24) is 4.98 Å². The number of aromatic amines is 1. The molecule has 1 amide bonds. The van der Waals surface area contributed by atoms with Crippen LogP contribution >= 0.6 is 0 Å². The normalized spacial score (nSPS) is 12.0. The van der Waals surface area contributed by atoms with Crippen LogP contribution in [0.4, 0.5) is 32.0 Å². The van der Waals surface area contributed by atoms with Crippen molar-refractivity contribution < 1.29 is 45.4 Å². The molecule has 1 aromatic heterocycles. The largest absolute Gasteiger partial charge is 0.459 e. The number of nitrogens with one attached hydrogen (secondary N) is 2. The van der Waals surface area contributed by atoms with Gasteiger partial charge in [0, 0.05) is 22.8 Å². The van der Waals surface area contributed by atoms with Gasteiger partial charge in [0.1, 0.15) is 16.9 Å². The van der Waals surface area contributed by atoms with E-state index in [0.29, 0.717) is 17.3 Å². The minimum Gasteiger partial charge on any atom is -0.459 e. The summed E-state index contributed by atoms with van der Waals surface area (Å²) < 4.78 is 93.3. The van der Waals surface area contributed by atoms with Crippen LogP contribution in [0.2, 0.25) is 0 Å². The smallest absolute Gasteiger partial charge is 0.420 e. The fourth-order valence-electron chi connectivity index (χ4n) is 3.90. The maximum absolute atomic E-state index is 13.9. The summed E-state index contributed by atoms with van der Waals surface area (Å²) in [6.45, 7) is 3.23. The van der Waals surface area contributed by atoms with E-state index >= 15 is 0 Å². The van der Waals surface area contributed by atoms with Crippen LogP contribution in [0, 0.1) is 0 Å². The number of halogens is 6. The molecule has 3 rings (SSSR count). The van der Waals surface area contributed by atoms with Crippen molar-refractivity contribution in [3.63, 3.8) is 0 Å². The number of hydrogen-bond donors (Lipinski definition) is 2. The van der Waals surface area contributed by atoms with Gasteiger partial charge in [0.25, 0.3) is 0 Å². The summed E-state index contributed by atoms with van der Waals surface area (Å²) >= 11 is 0. The molecule has 0 spiro atoms. The van der Waals surface area contributed by atoms with Crippen molar-refractivity contribution in [2.45, 2.75) is 58.3 Å². The van der Waals surface area contributed by atoms with Gasteiger partial charge in [-0.3, -0.25) is 4.79 Å². The number of carbonyl (C=O) groups excluding carboxylic acids is 2. The SMILES string of the molecule is CCCCCCc1c[nH]c2ccc(Oc3c(C(F)(F)F)cc(NC(=O)C(=O)OCC)cc3C(F)(F)F)cc12. The van der Waals surface area contributed by atoms with Gasteiger partial charge < -0.3 is 19.8 Å². The molecule has 1 heterocycles. The average Bonchev–Trinajstić information content (AvgIpc) is 3.23. The zero-order chi connectivity index (χ0) is 28.1. The Balaban J connectivity index is 2.04. The highest BCUT2D eigenvalue weighted by atomic mass is 19.4. The van der Waals surface area contributed by atoms with Crippen molar-refractivity contribution in [2.24, 2.45) is 0 Å². The number of carbonyl (C=O) groups is 2. The molecule has 0 unspecified atom stereocenters. The predicted octanol–water partition coefficient (Wildman–Crippen LogP) is 7.62. The third-order valence-electron chi connectivity index (χ3n) is 5.68. The van der Waals surface area contributed by atoms with Crippen LogP contribution in [0.3, 0.4) is 0 Å². The van der Waals surface area contributed by atoms with E-state index in [1.165, 1.54) is 25.1 Å². The molecule has 38 heavy (non-hydrogen) atoms. The first-order chi connectivity index (χ1) is 17.8. The summed E-state index contributed by atoms with van der Waals surface area (Å²) in [6, 6.07) is 4.70. The molecular weight excluding hydrogens is 518 g/mol. The van der Waals surface area contributed by atoms with Gasteiger partial charge in [-0.25, -0.2) is 4.79 Å². The van der Waals surface area contributed by atoms with E-state index in [0.717, 1.165) is 31.2 Å². The third-order valence-corrected chi connectivity index (χ3v) is 5.68. The first-order valence-electron chi connectivity index (χ1n) is 11.9.